The molecule has 0 radical (unpaired) electrons. The highest BCUT2D eigenvalue weighted by atomic mass is 32.2. The van der Waals surface area contributed by atoms with Crippen LogP contribution in [-0.4, -0.2) is 59.6 Å². The lowest BCUT2D eigenvalue weighted by Crippen LogP contribution is -2.44. The van der Waals surface area contributed by atoms with E-state index < -0.39 is 70.8 Å². The van der Waals surface area contributed by atoms with Gasteiger partial charge in [-0.1, -0.05) is 78.9 Å². The van der Waals surface area contributed by atoms with Crippen molar-refractivity contribution in [2.75, 3.05) is 6.61 Å². The summed E-state index contributed by atoms with van der Waals surface area (Å²) in [6.07, 6.45) is 1.61. The number of carboxylic acids is 1. The number of carboxylic acid groups (broad SMARTS) is 1. The second-order valence-corrected chi connectivity index (χ2v) is 12.7. The Kier molecular flexibility index (Phi) is 12.0. The molecule has 1 atom stereocenters. The first-order valence-electron chi connectivity index (χ1n) is 14.8. The zero-order valence-corrected chi connectivity index (χ0v) is 26.2. The number of hydrogen-bond acceptors (Lipinski definition) is 8. The largest absolute Gasteiger partial charge is 0.481 e. The van der Waals surface area contributed by atoms with E-state index >= 15 is 0 Å². The van der Waals surface area contributed by atoms with Crippen LogP contribution in [0.15, 0.2) is 114 Å². The highest BCUT2D eigenvalue weighted by Crippen LogP contribution is 2.18. The summed E-state index contributed by atoms with van der Waals surface area (Å²) in [5.74, 6) is -4.74. The maximum atomic E-state index is 13.1. The fourth-order valence-corrected chi connectivity index (χ4v) is 6.08. The number of carbonyl (C=O) groups is 5. The number of benzene rings is 3. The van der Waals surface area contributed by atoms with Gasteiger partial charge in [0, 0.05) is 30.8 Å². The van der Waals surface area contributed by atoms with E-state index in [0.29, 0.717) is 12.8 Å². The lowest BCUT2D eigenvalue weighted by molar-refractivity contribution is -0.153. The second-order valence-electron chi connectivity index (χ2n) is 10.8. The summed E-state index contributed by atoms with van der Waals surface area (Å²) >= 11 is 0. The number of esters is 1. The second kappa shape index (κ2) is 16.3. The van der Waals surface area contributed by atoms with E-state index in [9.17, 15) is 37.5 Å². The van der Waals surface area contributed by atoms with Gasteiger partial charge in [0.1, 0.15) is 6.04 Å². The molecular weight excluding hydrogens is 624 g/mol. The van der Waals surface area contributed by atoms with Crippen molar-refractivity contribution in [3.05, 3.63) is 126 Å². The van der Waals surface area contributed by atoms with Crippen LogP contribution in [0.5, 0.6) is 0 Å². The van der Waals surface area contributed by atoms with E-state index in [2.05, 4.69) is 5.32 Å². The van der Waals surface area contributed by atoms with Gasteiger partial charge in [-0.15, -0.1) is 0 Å². The van der Waals surface area contributed by atoms with Crippen LogP contribution in [0.1, 0.15) is 40.7 Å². The fraction of sp³-hybridized carbons (Fsp3) is 0.229. The smallest absolute Gasteiger partial charge is 0.310 e. The molecule has 11 nitrogen and oxygen atoms in total. The number of carbonyl (C=O) groups excluding carboxylic acids is 4. The van der Waals surface area contributed by atoms with Crippen molar-refractivity contribution < 1.29 is 42.2 Å². The summed E-state index contributed by atoms with van der Waals surface area (Å²) in [6, 6.07) is 26.1. The van der Waals surface area contributed by atoms with Gasteiger partial charge in [-0.3, -0.25) is 24.0 Å². The number of aromatic nitrogens is 1. The topological polar surface area (TPSA) is 166 Å². The van der Waals surface area contributed by atoms with Crippen LogP contribution >= 0.6 is 0 Å². The Labute approximate surface area is 272 Å². The molecule has 2 N–H and O–H groups in total. The first-order valence-corrected chi connectivity index (χ1v) is 16.3. The van der Waals surface area contributed by atoms with Gasteiger partial charge in [0.15, 0.2) is 18.2 Å². The van der Waals surface area contributed by atoms with Gasteiger partial charge in [-0.25, -0.2) is 12.4 Å². The number of Topliss-reactive ketones (excluding diaryl/α,β-unsaturated/α-hetero) is 2. The van der Waals surface area contributed by atoms with Gasteiger partial charge in [-0.2, -0.15) is 0 Å². The molecule has 4 aromatic rings. The van der Waals surface area contributed by atoms with Crippen molar-refractivity contribution >= 4 is 39.4 Å². The molecule has 1 heterocycles. The summed E-state index contributed by atoms with van der Waals surface area (Å²) in [5.41, 5.74) is 1.86. The molecule has 0 aliphatic heterocycles. The van der Waals surface area contributed by atoms with E-state index in [1.165, 1.54) is 24.4 Å². The number of rotatable bonds is 17. The standard InChI is InChI=1S/C35H34N2O9S/c38-31(27-18-19-37(23-27)47(44,45)29-14-8-3-9-15-29)16-17-33(40)36-30(22-34(41)42)32(39)24-46-35(43)28(20-25-10-4-1-5-11-25)21-26-12-6-2-7-13-26/h1-15,18-19,23,28,30H,16-17,20-22,24H2,(H,36,40)(H,41,42). The Morgan fingerprint density at radius 2 is 1.32 bits per heavy atom. The average Bonchev–Trinajstić information content (AvgIpc) is 3.58. The highest BCUT2D eigenvalue weighted by molar-refractivity contribution is 7.90. The van der Waals surface area contributed by atoms with Crippen LogP contribution in [0.4, 0.5) is 0 Å². The van der Waals surface area contributed by atoms with Crippen LogP contribution in [0.2, 0.25) is 0 Å². The van der Waals surface area contributed by atoms with Crippen molar-refractivity contribution in [3.8, 4) is 0 Å². The minimum atomic E-state index is -3.91. The van der Waals surface area contributed by atoms with Crippen LogP contribution in [-0.2, 0) is 46.8 Å². The Morgan fingerprint density at radius 3 is 1.87 bits per heavy atom. The molecule has 1 unspecified atom stereocenters. The molecule has 4 rings (SSSR count). The molecule has 0 saturated carbocycles. The molecule has 0 aliphatic carbocycles. The fourth-order valence-electron chi connectivity index (χ4n) is 4.86. The Bertz CT molecular complexity index is 1760. The van der Waals surface area contributed by atoms with E-state index in [0.717, 1.165) is 21.3 Å². The van der Waals surface area contributed by atoms with Crippen molar-refractivity contribution in [2.24, 2.45) is 5.92 Å². The number of nitrogens with one attached hydrogen (secondary N) is 1. The normalized spacial score (nSPS) is 11.9. The zero-order chi connectivity index (χ0) is 33.8. The molecule has 3 aromatic carbocycles. The number of nitrogens with zero attached hydrogens (tertiary/aromatic N) is 1. The maximum Gasteiger partial charge on any atom is 0.310 e. The molecule has 1 amide bonds. The third-order valence-electron chi connectivity index (χ3n) is 7.33. The molecule has 0 spiro atoms. The lowest BCUT2D eigenvalue weighted by Gasteiger charge is -2.19. The SMILES string of the molecule is O=C(O)CC(NC(=O)CCC(=O)c1ccn(S(=O)(=O)c2ccccc2)c1)C(=O)COC(=O)C(Cc1ccccc1)Cc1ccccc1. The number of aliphatic carboxylic acids is 1. The number of ether oxygens (including phenoxy) is 1. The van der Waals surface area contributed by atoms with Crippen molar-refractivity contribution in [2.45, 2.75) is 43.0 Å². The Balaban J connectivity index is 1.33. The van der Waals surface area contributed by atoms with Gasteiger partial charge in [-0.05, 0) is 42.2 Å². The predicted octanol–water partition coefficient (Wildman–Crippen LogP) is 3.86. The van der Waals surface area contributed by atoms with Gasteiger partial charge < -0.3 is 15.2 Å². The average molecular weight is 659 g/mol. The monoisotopic (exact) mass is 658 g/mol. The lowest BCUT2D eigenvalue weighted by atomic mass is 9.92. The van der Waals surface area contributed by atoms with Gasteiger partial charge >= 0.3 is 11.9 Å². The van der Waals surface area contributed by atoms with Crippen LogP contribution in [0.3, 0.4) is 0 Å². The summed E-state index contributed by atoms with van der Waals surface area (Å²) < 4.78 is 31.8. The van der Waals surface area contributed by atoms with Crippen molar-refractivity contribution in [3.63, 3.8) is 0 Å². The Hall–Kier alpha value is -5.36. The maximum absolute atomic E-state index is 13.1. The molecule has 0 fully saturated rings. The van der Waals surface area contributed by atoms with Gasteiger partial charge in [0.25, 0.3) is 10.0 Å². The van der Waals surface area contributed by atoms with E-state index in [1.807, 2.05) is 60.7 Å². The molecule has 47 heavy (non-hydrogen) atoms. The number of amides is 1. The van der Waals surface area contributed by atoms with Crippen LogP contribution < -0.4 is 5.32 Å². The van der Waals surface area contributed by atoms with Crippen molar-refractivity contribution in [1.29, 1.82) is 0 Å². The molecule has 0 aliphatic rings. The number of hydrogen-bond donors (Lipinski definition) is 2. The molecule has 244 valence electrons. The molecule has 1 aromatic heterocycles. The summed E-state index contributed by atoms with van der Waals surface area (Å²) in [4.78, 5) is 63.0. The van der Waals surface area contributed by atoms with Gasteiger partial charge in [0.05, 0.1) is 17.2 Å². The quantitative estimate of drug-likeness (QED) is 0.127. The minimum absolute atomic E-state index is 0.0386. The summed E-state index contributed by atoms with van der Waals surface area (Å²) in [7, 11) is -3.91. The molecule has 0 bridgehead atoms. The van der Waals surface area contributed by atoms with Crippen molar-refractivity contribution in [1.82, 2.24) is 9.29 Å². The summed E-state index contributed by atoms with van der Waals surface area (Å²) in [6.45, 7) is -0.751. The van der Waals surface area contributed by atoms with E-state index in [4.69, 9.17) is 4.74 Å². The molecule has 12 heteroatoms. The zero-order valence-electron chi connectivity index (χ0n) is 25.4. The summed E-state index contributed by atoms with van der Waals surface area (Å²) in [5, 5.41) is 11.7. The van der Waals surface area contributed by atoms with E-state index in [1.54, 1.807) is 18.2 Å². The Morgan fingerprint density at radius 1 is 0.766 bits per heavy atom. The predicted molar refractivity (Wildman–Crippen MR) is 171 cm³/mol. The van der Waals surface area contributed by atoms with Crippen LogP contribution in [0, 0.1) is 5.92 Å². The molecule has 0 saturated heterocycles. The van der Waals surface area contributed by atoms with Gasteiger partial charge in [0.2, 0.25) is 5.91 Å². The minimum Gasteiger partial charge on any atom is -0.481 e. The third-order valence-corrected chi connectivity index (χ3v) is 8.98. The number of ketones is 2. The first kappa shape index (κ1) is 34.5. The molecular formula is C35H34N2O9S. The van der Waals surface area contributed by atoms with Crippen LogP contribution in [0.25, 0.3) is 0 Å². The first-order chi connectivity index (χ1) is 22.5. The highest BCUT2D eigenvalue weighted by Gasteiger charge is 2.28. The third kappa shape index (κ3) is 10.1. The van der Waals surface area contributed by atoms with E-state index in [-0.39, 0.29) is 16.9 Å².